The van der Waals surface area contributed by atoms with E-state index < -0.39 is 0 Å². The molecule has 0 radical (unpaired) electrons. The molecule has 2 amide bonds. The molecule has 27 heavy (non-hydrogen) atoms. The zero-order valence-corrected chi connectivity index (χ0v) is 17.2. The van der Waals surface area contributed by atoms with Gasteiger partial charge in [0.2, 0.25) is 0 Å². The van der Waals surface area contributed by atoms with Crippen molar-refractivity contribution in [3.8, 4) is 0 Å². The number of nitrogens with one attached hydrogen (secondary N) is 1. The van der Waals surface area contributed by atoms with Crippen LogP contribution in [0.15, 0.2) is 24.3 Å². The fourth-order valence-electron chi connectivity index (χ4n) is 5.56. The number of hydrogen-bond donors (Lipinski definition) is 1. The molecule has 5 heteroatoms. The molecule has 1 heterocycles. The van der Waals surface area contributed by atoms with Crippen LogP contribution in [0.3, 0.4) is 0 Å². The maximum atomic E-state index is 12.9. The number of rotatable bonds is 4. The van der Waals surface area contributed by atoms with E-state index in [1.165, 1.54) is 12.8 Å². The Hall–Kier alpha value is -2.04. The normalized spacial score (nSPS) is 28.6. The molecule has 4 rings (SSSR count). The third-order valence-electron chi connectivity index (χ3n) is 7.87. The predicted molar refractivity (Wildman–Crippen MR) is 108 cm³/mol. The first-order chi connectivity index (χ1) is 12.8. The summed E-state index contributed by atoms with van der Waals surface area (Å²) in [6.45, 7) is 10.6. The lowest BCUT2D eigenvalue weighted by Gasteiger charge is -2.40. The zero-order chi connectivity index (χ0) is 19.4. The van der Waals surface area contributed by atoms with Gasteiger partial charge in [-0.25, -0.2) is 9.78 Å². The molecule has 2 bridgehead atoms. The zero-order valence-electron chi connectivity index (χ0n) is 17.2. The highest BCUT2D eigenvalue weighted by molar-refractivity contribution is 5.77. The molecule has 5 nitrogen and oxygen atoms in total. The van der Waals surface area contributed by atoms with E-state index in [2.05, 4.69) is 43.6 Å². The molecule has 2 saturated carbocycles. The Bertz CT molecular complexity index is 870. The number of fused-ring (bicyclic) bond motifs is 3. The number of imidazole rings is 1. The van der Waals surface area contributed by atoms with Gasteiger partial charge >= 0.3 is 6.03 Å². The van der Waals surface area contributed by atoms with Gasteiger partial charge in [-0.3, -0.25) is 0 Å². The number of nitrogens with zero attached hydrogens (tertiary/aromatic N) is 3. The van der Waals surface area contributed by atoms with E-state index in [1.54, 1.807) is 4.90 Å². The fraction of sp³-hybridized carbons (Fsp3) is 0.636. The number of urea groups is 1. The first-order valence-electron chi connectivity index (χ1n) is 10.2. The van der Waals surface area contributed by atoms with Crippen LogP contribution in [0.5, 0.6) is 0 Å². The van der Waals surface area contributed by atoms with E-state index in [1.807, 2.05) is 25.2 Å². The van der Waals surface area contributed by atoms with Crippen LogP contribution >= 0.6 is 0 Å². The van der Waals surface area contributed by atoms with Crippen LogP contribution in [0.2, 0.25) is 0 Å². The average Bonchev–Trinajstić information content (AvgIpc) is 3.16. The minimum Gasteiger partial charge on any atom is -0.335 e. The topological polar surface area (TPSA) is 50.2 Å². The molecule has 2 aliphatic carbocycles. The lowest BCUT2D eigenvalue weighted by atomic mass is 9.69. The third kappa shape index (κ3) is 2.66. The second-order valence-electron chi connectivity index (χ2n) is 9.23. The molecular weight excluding hydrogens is 336 g/mol. The van der Waals surface area contributed by atoms with Gasteiger partial charge in [0.05, 0.1) is 17.6 Å². The molecule has 1 aromatic carbocycles. The molecule has 1 aromatic heterocycles. The summed E-state index contributed by atoms with van der Waals surface area (Å²) in [7, 11) is 1.87. The molecular formula is C22H32N4O. The van der Waals surface area contributed by atoms with Crippen LogP contribution in [0, 0.1) is 16.7 Å². The number of aromatic nitrogens is 2. The predicted octanol–water partition coefficient (Wildman–Crippen LogP) is 4.41. The van der Waals surface area contributed by atoms with Crippen LogP contribution in [0.4, 0.5) is 4.79 Å². The van der Waals surface area contributed by atoms with Gasteiger partial charge in [0.25, 0.3) is 0 Å². The van der Waals surface area contributed by atoms with Crippen molar-refractivity contribution < 1.29 is 4.79 Å². The molecule has 2 aliphatic rings. The minimum absolute atomic E-state index is 0.0132. The highest BCUT2D eigenvalue weighted by Crippen LogP contribution is 2.65. The quantitative estimate of drug-likeness (QED) is 0.869. The Balaban J connectivity index is 1.48. The highest BCUT2D eigenvalue weighted by atomic mass is 16.2. The number of carbonyl (C=O) groups excluding carboxylic acids is 1. The van der Waals surface area contributed by atoms with Crippen LogP contribution in [0.25, 0.3) is 11.0 Å². The Morgan fingerprint density at radius 3 is 2.70 bits per heavy atom. The second-order valence-corrected chi connectivity index (χ2v) is 9.23. The van der Waals surface area contributed by atoms with Gasteiger partial charge in [0.1, 0.15) is 5.82 Å². The van der Waals surface area contributed by atoms with Crippen molar-refractivity contribution in [2.75, 3.05) is 7.05 Å². The summed E-state index contributed by atoms with van der Waals surface area (Å²) in [5.74, 6) is 1.67. The monoisotopic (exact) mass is 368 g/mol. The van der Waals surface area contributed by atoms with E-state index in [0.717, 1.165) is 35.7 Å². The van der Waals surface area contributed by atoms with Crippen LogP contribution < -0.4 is 5.32 Å². The van der Waals surface area contributed by atoms with Gasteiger partial charge in [-0.05, 0) is 55.1 Å². The summed E-state index contributed by atoms with van der Waals surface area (Å²) in [5, 5.41) is 3.35. The Kier molecular flexibility index (Phi) is 4.24. The molecule has 0 aliphatic heterocycles. The van der Waals surface area contributed by atoms with Crippen molar-refractivity contribution in [1.29, 1.82) is 0 Å². The maximum absolute atomic E-state index is 12.9. The van der Waals surface area contributed by atoms with Gasteiger partial charge < -0.3 is 14.8 Å². The number of amides is 2. The molecule has 2 aromatic rings. The standard InChI is InChI=1S/C22H32N4O/c1-6-26-17-10-8-7-9-16(17)23-19(26)14-25(5)20(27)24-18-13-15-11-12-22(18,4)21(15,2)3/h7-10,15,18H,6,11-14H2,1-5H3,(H,24,27). The summed E-state index contributed by atoms with van der Waals surface area (Å²) in [6, 6.07) is 8.45. The van der Waals surface area contributed by atoms with Crippen LogP contribution in [-0.2, 0) is 13.1 Å². The summed E-state index contributed by atoms with van der Waals surface area (Å²) < 4.78 is 2.20. The van der Waals surface area contributed by atoms with Gasteiger partial charge in [-0.15, -0.1) is 0 Å². The first-order valence-corrected chi connectivity index (χ1v) is 10.2. The van der Waals surface area contributed by atoms with Gasteiger partial charge in [-0.1, -0.05) is 32.9 Å². The molecule has 0 spiro atoms. The molecule has 0 saturated heterocycles. The average molecular weight is 369 g/mol. The molecule has 3 atom stereocenters. The third-order valence-corrected chi connectivity index (χ3v) is 7.87. The van der Waals surface area contributed by atoms with Crippen molar-refractivity contribution >= 4 is 17.1 Å². The molecule has 146 valence electrons. The van der Waals surface area contributed by atoms with Crippen LogP contribution in [-0.4, -0.2) is 33.6 Å². The van der Waals surface area contributed by atoms with Crippen molar-refractivity contribution in [1.82, 2.24) is 19.8 Å². The first kappa shape index (κ1) is 18.3. The summed E-state index contributed by atoms with van der Waals surface area (Å²) >= 11 is 0. The number of benzene rings is 1. The van der Waals surface area contributed by atoms with E-state index in [4.69, 9.17) is 4.98 Å². The van der Waals surface area contributed by atoms with E-state index in [-0.39, 0.29) is 17.5 Å². The SMILES string of the molecule is CCn1c(CN(C)C(=O)NC2CC3CCC2(C)C3(C)C)nc2ccccc21. The molecule has 1 N–H and O–H groups in total. The maximum Gasteiger partial charge on any atom is 0.317 e. The fourth-order valence-corrected chi connectivity index (χ4v) is 5.56. The number of para-hydroxylation sites is 2. The molecule has 3 unspecified atom stereocenters. The van der Waals surface area contributed by atoms with Gasteiger partial charge in [0, 0.05) is 19.6 Å². The van der Waals surface area contributed by atoms with Crippen molar-refractivity contribution in [2.24, 2.45) is 16.7 Å². The lowest BCUT2D eigenvalue weighted by molar-refractivity contribution is 0.118. The largest absolute Gasteiger partial charge is 0.335 e. The Morgan fingerprint density at radius 2 is 2.07 bits per heavy atom. The summed E-state index contributed by atoms with van der Waals surface area (Å²) in [5.41, 5.74) is 2.63. The smallest absolute Gasteiger partial charge is 0.317 e. The highest BCUT2D eigenvalue weighted by Gasteiger charge is 2.61. The summed E-state index contributed by atoms with van der Waals surface area (Å²) in [6.07, 6.45) is 3.62. The summed E-state index contributed by atoms with van der Waals surface area (Å²) in [4.78, 5) is 19.5. The minimum atomic E-state index is 0.0132. The van der Waals surface area contributed by atoms with Gasteiger partial charge in [-0.2, -0.15) is 0 Å². The number of carbonyl (C=O) groups is 1. The van der Waals surface area contributed by atoms with Crippen LogP contribution in [0.1, 0.15) is 52.8 Å². The number of hydrogen-bond acceptors (Lipinski definition) is 2. The lowest BCUT2D eigenvalue weighted by Crippen LogP contribution is -2.50. The van der Waals surface area contributed by atoms with E-state index in [9.17, 15) is 4.79 Å². The Morgan fingerprint density at radius 1 is 1.33 bits per heavy atom. The van der Waals surface area contributed by atoms with Gasteiger partial charge in [0.15, 0.2) is 0 Å². The molecule has 2 fully saturated rings. The number of aryl methyl sites for hydroxylation is 1. The van der Waals surface area contributed by atoms with E-state index in [0.29, 0.717) is 12.0 Å². The van der Waals surface area contributed by atoms with Crippen molar-refractivity contribution in [3.63, 3.8) is 0 Å². The Labute approximate surface area is 162 Å². The van der Waals surface area contributed by atoms with Crippen molar-refractivity contribution in [2.45, 2.75) is 66.1 Å². The second kappa shape index (κ2) is 6.25. The van der Waals surface area contributed by atoms with E-state index >= 15 is 0 Å². The van der Waals surface area contributed by atoms with Crippen molar-refractivity contribution in [3.05, 3.63) is 30.1 Å².